The number of hydrogen-bond donors (Lipinski definition) is 1. The van der Waals surface area contributed by atoms with Crippen LogP contribution in [0.5, 0.6) is 0 Å². The van der Waals surface area contributed by atoms with Gasteiger partial charge in [0.15, 0.2) is 11.6 Å². The minimum absolute atomic E-state index is 0.0780. The SMILES string of the molecule is CCOC(=O)c1cnc(-c2occc2C)nc1N. The zero-order valence-electron chi connectivity index (χ0n) is 10.1. The summed E-state index contributed by atoms with van der Waals surface area (Å²) in [6.07, 6.45) is 2.89. The Morgan fingerprint density at radius 1 is 1.56 bits per heavy atom. The number of carbonyl (C=O) groups is 1. The summed E-state index contributed by atoms with van der Waals surface area (Å²) >= 11 is 0. The maximum Gasteiger partial charge on any atom is 0.343 e. The van der Waals surface area contributed by atoms with Gasteiger partial charge < -0.3 is 14.9 Å². The van der Waals surface area contributed by atoms with E-state index in [1.54, 1.807) is 19.3 Å². The van der Waals surface area contributed by atoms with E-state index in [1.165, 1.54) is 6.20 Å². The predicted octanol–water partition coefficient (Wildman–Crippen LogP) is 1.80. The summed E-state index contributed by atoms with van der Waals surface area (Å²) < 4.78 is 10.1. The number of nitrogens with zero attached hydrogens (tertiary/aromatic N) is 2. The van der Waals surface area contributed by atoms with Crippen LogP contribution >= 0.6 is 0 Å². The van der Waals surface area contributed by atoms with Crippen LogP contribution in [0.25, 0.3) is 11.6 Å². The Balaban J connectivity index is 2.36. The largest absolute Gasteiger partial charge is 0.462 e. The third-order valence-electron chi connectivity index (χ3n) is 2.38. The van der Waals surface area contributed by atoms with Crippen LogP contribution in [0, 0.1) is 6.92 Å². The van der Waals surface area contributed by atoms with E-state index in [0.29, 0.717) is 11.6 Å². The molecule has 6 nitrogen and oxygen atoms in total. The summed E-state index contributed by atoms with van der Waals surface area (Å²) in [6, 6.07) is 1.80. The molecule has 0 saturated carbocycles. The molecule has 2 aromatic heterocycles. The van der Waals surface area contributed by atoms with Crippen molar-refractivity contribution >= 4 is 11.8 Å². The van der Waals surface area contributed by atoms with Crippen molar-refractivity contribution in [3.8, 4) is 11.6 Å². The van der Waals surface area contributed by atoms with Crippen LogP contribution in [0.15, 0.2) is 22.9 Å². The molecule has 18 heavy (non-hydrogen) atoms. The van der Waals surface area contributed by atoms with Gasteiger partial charge in [-0.2, -0.15) is 0 Å². The van der Waals surface area contributed by atoms with Gasteiger partial charge >= 0.3 is 5.97 Å². The van der Waals surface area contributed by atoms with Gasteiger partial charge in [-0.05, 0) is 25.5 Å². The lowest BCUT2D eigenvalue weighted by molar-refractivity contribution is 0.0527. The van der Waals surface area contributed by atoms with Crippen molar-refractivity contribution in [3.05, 3.63) is 29.7 Å². The zero-order chi connectivity index (χ0) is 13.1. The number of furan rings is 1. The monoisotopic (exact) mass is 247 g/mol. The Morgan fingerprint density at radius 3 is 2.89 bits per heavy atom. The smallest absolute Gasteiger partial charge is 0.343 e. The highest BCUT2D eigenvalue weighted by molar-refractivity contribution is 5.93. The number of hydrogen-bond acceptors (Lipinski definition) is 6. The lowest BCUT2D eigenvalue weighted by Crippen LogP contribution is -2.10. The van der Waals surface area contributed by atoms with Crippen LogP contribution in [-0.4, -0.2) is 22.5 Å². The summed E-state index contributed by atoms with van der Waals surface area (Å²) in [4.78, 5) is 19.6. The van der Waals surface area contributed by atoms with Crippen molar-refractivity contribution in [1.82, 2.24) is 9.97 Å². The van der Waals surface area contributed by atoms with Crippen molar-refractivity contribution < 1.29 is 13.9 Å². The molecule has 0 aliphatic heterocycles. The summed E-state index contributed by atoms with van der Waals surface area (Å²) in [7, 11) is 0. The molecule has 2 heterocycles. The lowest BCUT2D eigenvalue weighted by atomic mass is 10.2. The maximum atomic E-state index is 11.5. The topological polar surface area (TPSA) is 91.2 Å². The zero-order valence-corrected chi connectivity index (χ0v) is 10.1. The number of esters is 1. The third-order valence-corrected chi connectivity index (χ3v) is 2.38. The van der Waals surface area contributed by atoms with Crippen LogP contribution in [0.1, 0.15) is 22.8 Å². The fourth-order valence-corrected chi connectivity index (χ4v) is 1.47. The Kier molecular flexibility index (Phi) is 3.27. The minimum atomic E-state index is -0.530. The molecule has 2 rings (SSSR count). The summed E-state index contributed by atoms with van der Waals surface area (Å²) in [5.74, 6) is 0.437. The fourth-order valence-electron chi connectivity index (χ4n) is 1.47. The number of aryl methyl sites for hydroxylation is 1. The van der Waals surface area contributed by atoms with E-state index in [9.17, 15) is 4.79 Å². The molecule has 94 valence electrons. The lowest BCUT2D eigenvalue weighted by Gasteiger charge is -2.05. The van der Waals surface area contributed by atoms with E-state index in [4.69, 9.17) is 14.9 Å². The summed E-state index contributed by atoms with van der Waals surface area (Å²) in [6.45, 7) is 3.87. The van der Waals surface area contributed by atoms with E-state index in [0.717, 1.165) is 5.56 Å². The maximum absolute atomic E-state index is 11.5. The van der Waals surface area contributed by atoms with Crippen LogP contribution in [-0.2, 0) is 4.74 Å². The molecule has 2 aromatic rings. The Hall–Kier alpha value is -2.37. The average Bonchev–Trinajstić information content (AvgIpc) is 2.75. The second-order valence-corrected chi connectivity index (χ2v) is 3.65. The number of aromatic nitrogens is 2. The second kappa shape index (κ2) is 4.87. The first-order valence-corrected chi connectivity index (χ1v) is 5.47. The highest BCUT2D eigenvalue weighted by Crippen LogP contribution is 2.22. The van der Waals surface area contributed by atoms with Gasteiger partial charge in [0.2, 0.25) is 0 Å². The number of anilines is 1. The first kappa shape index (κ1) is 12.1. The number of nitrogens with two attached hydrogens (primary N) is 1. The molecule has 2 N–H and O–H groups in total. The predicted molar refractivity (Wildman–Crippen MR) is 64.8 cm³/mol. The van der Waals surface area contributed by atoms with E-state index in [1.807, 2.05) is 6.92 Å². The fraction of sp³-hybridized carbons (Fsp3) is 0.250. The first-order valence-electron chi connectivity index (χ1n) is 5.47. The molecule has 0 amide bonds. The molecule has 0 aliphatic rings. The van der Waals surface area contributed by atoms with E-state index >= 15 is 0 Å². The van der Waals surface area contributed by atoms with E-state index in [2.05, 4.69) is 9.97 Å². The molecule has 6 heteroatoms. The molecule has 0 bridgehead atoms. The molecule has 0 spiro atoms. The minimum Gasteiger partial charge on any atom is -0.462 e. The van der Waals surface area contributed by atoms with Crippen molar-refractivity contribution in [2.45, 2.75) is 13.8 Å². The molecular weight excluding hydrogens is 234 g/mol. The van der Waals surface area contributed by atoms with Gasteiger partial charge in [0.05, 0.1) is 12.9 Å². The number of carbonyl (C=O) groups excluding carboxylic acids is 1. The average molecular weight is 247 g/mol. The standard InChI is InChI=1S/C12H13N3O3/c1-3-17-12(16)8-6-14-11(15-10(8)13)9-7(2)4-5-18-9/h4-6H,3H2,1-2H3,(H2,13,14,15). The Bertz CT molecular complexity index is 578. The number of ether oxygens (including phenoxy) is 1. The van der Waals surface area contributed by atoms with Crippen LogP contribution < -0.4 is 5.73 Å². The van der Waals surface area contributed by atoms with Gasteiger partial charge in [-0.25, -0.2) is 14.8 Å². The van der Waals surface area contributed by atoms with Gasteiger partial charge in [0.25, 0.3) is 0 Å². The molecule has 0 saturated heterocycles. The van der Waals surface area contributed by atoms with Crippen LogP contribution in [0.3, 0.4) is 0 Å². The second-order valence-electron chi connectivity index (χ2n) is 3.65. The number of nitrogen functional groups attached to an aromatic ring is 1. The summed E-state index contributed by atoms with van der Waals surface area (Å²) in [5.41, 5.74) is 6.77. The van der Waals surface area contributed by atoms with Crippen molar-refractivity contribution in [2.75, 3.05) is 12.3 Å². The Labute approximate surface area is 104 Å². The first-order chi connectivity index (χ1) is 8.63. The third kappa shape index (κ3) is 2.17. The number of rotatable bonds is 3. The van der Waals surface area contributed by atoms with Gasteiger partial charge in [-0.3, -0.25) is 0 Å². The van der Waals surface area contributed by atoms with E-state index < -0.39 is 5.97 Å². The van der Waals surface area contributed by atoms with Crippen molar-refractivity contribution in [2.24, 2.45) is 0 Å². The highest BCUT2D eigenvalue weighted by atomic mass is 16.5. The van der Waals surface area contributed by atoms with Gasteiger partial charge in [-0.15, -0.1) is 0 Å². The molecule has 0 aromatic carbocycles. The quantitative estimate of drug-likeness (QED) is 0.831. The molecule has 0 radical (unpaired) electrons. The molecular formula is C12H13N3O3. The van der Waals surface area contributed by atoms with Crippen molar-refractivity contribution in [3.63, 3.8) is 0 Å². The van der Waals surface area contributed by atoms with Gasteiger partial charge in [0.1, 0.15) is 11.4 Å². The van der Waals surface area contributed by atoms with E-state index in [-0.39, 0.29) is 18.0 Å². The molecule has 0 unspecified atom stereocenters. The van der Waals surface area contributed by atoms with Crippen molar-refractivity contribution in [1.29, 1.82) is 0 Å². The molecule has 0 fully saturated rings. The normalized spacial score (nSPS) is 10.3. The van der Waals surface area contributed by atoms with Crippen LogP contribution in [0.2, 0.25) is 0 Å². The Morgan fingerprint density at radius 2 is 2.33 bits per heavy atom. The van der Waals surface area contributed by atoms with Gasteiger partial charge in [0, 0.05) is 6.20 Å². The van der Waals surface area contributed by atoms with Gasteiger partial charge in [-0.1, -0.05) is 0 Å². The molecule has 0 aliphatic carbocycles. The molecule has 0 atom stereocenters. The summed E-state index contributed by atoms with van der Waals surface area (Å²) in [5, 5.41) is 0. The van der Waals surface area contributed by atoms with Crippen LogP contribution in [0.4, 0.5) is 5.82 Å². The highest BCUT2D eigenvalue weighted by Gasteiger charge is 2.16.